The van der Waals surface area contributed by atoms with Crippen LogP contribution in [0.5, 0.6) is 5.75 Å². The van der Waals surface area contributed by atoms with E-state index in [1.54, 1.807) is 14.0 Å². The zero-order chi connectivity index (χ0) is 14.8. The smallest absolute Gasteiger partial charge is 0.310 e. The summed E-state index contributed by atoms with van der Waals surface area (Å²) in [6.45, 7) is 4.01. The van der Waals surface area contributed by atoms with Gasteiger partial charge in [-0.05, 0) is 36.8 Å². The van der Waals surface area contributed by atoms with Crippen molar-refractivity contribution in [2.75, 3.05) is 7.11 Å². The summed E-state index contributed by atoms with van der Waals surface area (Å²) in [5, 5.41) is 9.20. The van der Waals surface area contributed by atoms with Crippen molar-refractivity contribution in [3.8, 4) is 5.75 Å². The minimum atomic E-state index is -0.782. The lowest BCUT2D eigenvalue weighted by Crippen LogP contribution is -2.26. The molecule has 1 N–H and O–H groups in total. The van der Waals surface area contributed by atoms with Crippen molar-refractivity contribution in [2.45, 2.75) is 57.3 Å². The minimum absolute atomic E-state index is 0.109. The van der Waals surface area contributed by atoms with E-state index in [4.69, 9.17) is 4.74 Å². The molecule has 1 unspecified atom stereocenters. The summed E-state index contributed by atoms with van der Waals surface area (Å²) < 4.78 is 5.51. The molecule has 1 saturated carbocycles. The highest BCUT2D eigenvalue weighted by Gasteiger charge is 2.32. The fourth-order valence-corrected chi connectivity index (χ4v) is 3.21. The molecule has 1 fully saturated rings. The molecule has 0 amide bonds. The lowest BCUT2D eigenvalue weighted by Gasteiger charge is -2.35. The molecule has 0 spiro atoms. The van der Waals surface area contributed by atoms with Crippen molar-refractivity contribution in [1.29, 1.82) is 0 Å². The molecule has 2 rings (SSSR count). The van der Waals surface area contributed by atoms with Gasteiger partial charge in [0.1, 0.15) is 5.75 Å². The molecule has 110 valence electrons. The number of carbonyl (C=O) groups is 1. The van der Waals surface area contributed by atoms with Crippen molar-refractivity contribution in [3.63, 3.8) is 0 Å². The molecule has 20 heavy (non-hydrogen) atoms. The van der Waals surface area contributed by atoms with Crippen LogP contribution in [0.1, 0.15) is 63.0 Å². The molecule has 1 aliphatic rings. The first-order chi connectivity index (χ1) is 9.48. The third kappa shape index (κ3) is 2.82. The molecule has 0 saturated heterocycles. The van der Waals surface area contributed by atoms with Crippen molar-refractivity contribution < 1.29 is 14.6 Å². The van der Waals surface area contributed by atoms with Gasteiger partial charge in [-0.3, -0.25) is 4.79 Å². The third-order valence-electron chi connectivity index (χ3n) is 4.70. The fraction of sp³-hybridized carbons (Fsp3) is 0.588. The first-order valence-electron chi connectivity index (χ1n) is 7.39. The first-order valence-corrected chi connectivity index (χ1v) is 7.39. The van der Waals surface area contributed by atoms with Gasteiger partial charge in [0.25, 0.3) is 0 Å². The Morgan fingerprint density at radius 1 is 1.30 bits per heavy atom. The molecular weight excluding hydrogens is 252 g/mol. The van der Waals surface area contributed by atoms with Gasteiger partial charge in [-0.25, -0.2) is 0 Å². The zero-order valence-electron chi connectivity index (χ0n) is 12.6. The van der Waals surface area contributed by atoms with Crippen LogP contribution in [-0.2, 0) is 10.2 Å². The lowest BCUT2D eigenvalue weighted by molar-refractivity contribution is -0.138. The molecule has 1 aliphatic carbocycles. The number of methoxy groups -OCH3 is 1. The number of aliphatic carboxylic acids is 1. The Hall–Kier alpha value is -1.51. The van der Waals surface area contributed by atoms with E-state index in [-0.39, 0.29) is 5.41 Å². The Balaban J connectivity index is 2.43. The summed E-state index contributed by atoms with van der Waals surface area (Å²) in [7, 11) is 1.69. The average Bonchev–Trinajstić information content (AvgIpc) is 2.46. The maximum atomic E-state index is 11.2. The van der Waals surface area contributed by atoms with E-state index in [0.717, 1.165) is 24.2 Å². The van der Waals surface area contributed by atoms with Crippen LogP contribution >= 0.6 is 0 Å². The molecule has 1 aromatic carbocycles. The molecule has 0 aromatic heterocycles. The number of rotatable bonds is 4. The number of hydrogen-bond donors (Lipinski definition) is 1. The number of ether oxygens (including phenoxy) is 1. The summed E-state index contributed by atoms with van der Waals surface area (Å²) in [5.74, 6) is -0.377. The van der Waals surface area contributed by atoms with E-state index in [1.165, 1.54) is 24.8 Å². The summed E-state index contributed by atoms with van der Waals surface area (Å²) in [6, 6.07) is 5.83. The van der Waals surface area contributed by atoms with Crippen LogP contribution in [0.25, 0.3) is 0 Å². The van der Waals surface area contributed by atoms with Gasteiger partial charge in [0.15, 0.2) is 0 Å². The van der Waals surface area contributed by atoms with Crippen molar-refractivity contribution in [2.24, 2.45) is 0 Å². The largest absolute Gasteiger partial charge is 0.496 e. The van der Waals surface area contributed by atoms with Crippen LogP contribution in [0, 0.1) is 0 Å². The first kappa shape index (κ1) is 14.9. The lowest BCUT2D eigenvalue weighted by atomic mass is 9.70. The summed E-state index contributed by atoms with van der Waals surface area (Å²) in [5.41, 5.74) is 2.14. The highest BCUT2D eigenvalue weighted by atomic mass is 16.5. The van der Waals surface area contributed by atoms with E-state index in [2.05, 4.69) is 6.92 Å². The van der Waals surface area contributed by atoms with Gasteiger partial charge in [-0.1, -0.05) is 38.3 Å². The Kier molecular flexibility index (Phi) is 4.36. The number of carboxylic acid groups (broad SMARTS) is 1. The van der Waals surface area contributed by atoms with Gasteiger partial charge < -0.3 is 9.84 Å². The molecular formula is C17H24O3. The molecule has 1 atom stereocenters. The predicted octanol–water partition coefficient (Wildman–Crippen LogP) is 4.11. The Bertz CT molecular complexity index is 487. The van der Waals surface area contributed by atoms with Crippen LogP contribution in [0.15, 0.2) is 18.2 Å². The molecule has 0 heterocycles. The maximum absolute atomic E-state index is 11.2. The topological polar surface area (TPSA) is 46.5 Å². The Morgan fingerprint density at radius 2 is 1.95 bits per heavy atom. The van der Waals surface area contributed by atoms with E-state index in [1.807, 2.05) is 18.2 Å². The average molecular weight is 276 g/mol. The molecule has 0 radical (unpaired) electrons. The van der Waals surface area contributed by atoms with Crippen LogP contribution in [-0.4, -0.2) is 18.2 Å². The van der Waals surface area contributed by atoms with Gasteiger partial charge in [-0.15, -0.1) is 0 Å². The Morgan fingerprint density at radius 3 is 2.50 bits per heavy atom. The van der Waals surface area contributed by atoms with E-state index in [0.29, 0.717) is 0 Å². The monoisotopic (exact) mass is 276 g/mol. The molecule has 3 nitrogen and oxygen atoms in total. The van der Waals surface area contributed by atoms with Crippen LogP contribution in [0.4, 0.5) is 0 Å². The predicted molar refractivity (Wildman–Crippen MR) is 79.5 cm³/mol. The van der Waals surface area contributed by atoms with E-state index in [9.17, 15) is 9.90 Å². The second-order valence-electron chi connectivity index (χ2n) is 6.14. The van der Waals surface area contributed by atoms with Gasteiger partial charge in [0.2, 0.25) is 0 Å². The second kappa shape index (κ2) is 5.86. The van der Waals surface area contributed by atoms with Crippen LogP contribution < -0.4 is 4.74 Å². The summed E-state index contributed by atoms with van der Waals surface area (Å²) in [6.07, 6.45) is 6.06. The number of carboxylic acids is 1. The molecule has 0 bridgehead atoms. The van der Waals surface area contributed by atoms with Gasteiger partial charge in [0.05, 0.1) is 13.0 Å². The standard InChI is InChI=1S/C17H24O3/c1-12(16(18)19)13-7-8-15(20-3)14(11-13)17(2)9-5-4-6-10-17/h7-8,11-12H,4-6,9-10H2,1-3H3,(H,18,19). The molecule has 3 heteroatoms. The van der Waals surface area contributed by atoms with Crippen molar-refractivity contribution in [1.82, 2.24) is 0 Å². The highest BCUT2D eigenvalue weighted by Crippen LogP contribution is 2.43. The summed E-state index contributed by atoms with van der Waals surface area (Å²) >= 11 is 0. The Labute approximate surface area is 121 Å². The number of hydrogen-bond acceptors (Lipinski definition) is 2. The van der Waals surface area contributed by atoms with Gasteiger partial charge in [0, 0.05) is 5.56 Å². The van der Waals surface area contributed by atoms with Crippen molar-refractivity contribution >= 4 is 5.97 Å². The minimum Gasteiger partial charge on any atom is -0.496 e. The van der Waals surface area contributed by atoms with Gasteiger partial charge >= 0.3 is 5.97 Å². The quantitative estimate of drug-likeness (QED) is 0.900. The summed E-state index contributed by atoms with van der Waals surface area (Å²) in [4.78, 5) is 11.2. The van der Waals surface area contributed by atoms with Crippen molar-refractivity contribution in [3.05, 3.63) is 29.3 Å². The molecule has 0 aliphatic heterocycles. The van der Waals surface area contributed by atoms with Crippen LogP contribution in [0.2, 0.25) is 0 Å². The van der Waals surface area contributed by atoms with E-state index < -0.39 is 11.9 Å². The zero-order valence-corrected chi connectivity index (χ0v) is 12.6. The van der Waals surface area contributed by atoms with Gasteiger partial charge in [-0.2, -0.15) is 0 Å². The highest BCUT2D eigenvalue weighted by molar-refractivity contribution is 5.75. The maximum Gasteiger partial charge on any atom is 0.310 e. The molecule has 1 aromatic rings. The third-order valence-corrected chi connectivity index (χ3v) is 4.70. The van der Waals surface area contributed by atoms with E-state index >= 15 is 0 Å². The SMILES string of the molecule is COc1ccc(C(C)C(=O)O)cc1C1(C)CCCCC1. The van der Waals surface area contributed by atoms with Crippen LogP contribution in [0.3, 0.4) is 0 Å². The number of benzene rings is 1. The fourth-order valence-electron chi connectivity index (χ4n) is 3.21. The normalized spacial score (nSPS) is 19.4. The second-order valence-corrected chi connectivity index (χ2v) is 6.14.